The van der Waals surface area contributed by atoms with Gasteiger partial charge in [0.2, 0.25) is 6.79 Å². The van der Waals surface area contributed by atoms with Gasteiger partial charge in [0.15, 0.2) is 11.5 Å². The normalized spacial score (nSPS) is 11.5. The maximum Gasteiger partial charge on any atom is 0.341 e. The van der Waals surface area contributed by atoms with Crippen molar-refractivity contribution < 1.29 is 38.1 Å². The van der Waals surface area contributed by atoms with Crippen molar-refractivity contribution >= 4 is 45.8 Å². The minimum atomic E-state index is -0.678. The number of hydrogen-bond donors (Lipinski definition) is 2. The third-order valence-electron chi connectivity index (χ3n) is 5.36. The van der Waals surface area contributed by atoms with Crippen molar-refractivity contribution in [3.63, 3.8) is 0 Å². The number of fused-ring (bicyclic) bond motifs is 1. The number of nitrogens with one attached hydrogen (secondary N) is 2. The van der Waals surface area contributed by atoms with Crippen molar-refractivity contribution in [3.05, 3.63) is 69.6 Å². The average Bonchev–Trinajstić information content (AvgIpc) is 3.48. The second kappa shape index (κ2) is 11.1. The zero-order valence-electron chi connectivity index (χ0n) is 20.3. The second-order valence-electron chi connectivity index (χ2n) is 7.72. The molecule has 1 aliphatic rings. The molecule has 0 saturated carbocycles. The lowest BCUT2D eigenvalue weighted by atomic mass is 10.1. The van der Waals surface area contributed by atoms with Crippen LogP contribution in [0.25, 0.3) is 0 Å². The lowest BCUT2D eigenvalue weighted by Crippen LogP contribution is -2.16. The van der Waals surface area contributed by atoms with Gasteiger partial charge in [0.1, 0.15) is 5.00 Å². The summed E-state index contributed by atoms with van der Waals surface area (Å²) in [6.07, 6.45) is 0. The number of para-hydroxylation sites is 1. The summed E-state index contributed by atoms with van der Waals surface area (Å²) in [7, 11) is 0. The first-order valence-electron chi connectivity index (χ1n) is 11.4. The van der Waals surface area contributed by atoms with Crippen LogP contribution in [0.4, 0.5) is 10.7 Å². The third kappa shape index (κ3) is 5.41. The van der Waals surface area contributed by atoms with Crippen molar-refractivity contribution in [1.82, 2.24) is 0 Å². The molecule has 4 rings (SSSR count). The number of ether oxygens (including phenoxy) is 4. The van der Waals surface area contributed by atoms with E-state index in [0.717, 1.165) is 11.3 Å². The number of thiophene rings is 1. The molecule has 0 radical (unpaired) electrons. The van der Waals surface area contributed by atoms with Gasteiger partial charge in [-0.3, -0.25) is 9.59 Å². The van der Waals surface area contributed by atoms with Crippen LogP contribution in [0.2, 0.25) is 0 Å². The van der Waals surface area contributed by atoms with Crippen LogP contribution in [-0.4, -0.2) is 43.8 Å². The molecule has 0 spiro atoms. The molecule has 0 saturated heterocycles. The van der Waals surface area contributed by atoms with E-state index < -0.39 is 23.8 Å². The summed E-state index contributed by atoms with van der Waals surface area (Å²) >= 11 is 0.924. The molecule has 1 aromatic heterocycles. The topological polar surface area (TPSA) is 129 Å². The number of carbonyl (C=O) groups is 4. The Bertz CT molecular complexity index is 1380. The standard InChI is InChI=1S/C26H24N2O8S/c1-4-33-25(31)16-8-6-7-9-17(16)27-23(30)21-14(3)20(26(32)34-5-2)24(37-21)28-22(29)15-10-11-18-19(12-15)36-13-35-18/h6-12H,4-5,13H2,1-3H3,(H,27,30)(H,28,29). The van der Waals surface area contributed by atoms with Crippen LogP contribution >= 0.6 is 11.3 Å². The molecule has 10 nitrogen and oxygen atoms in total. The molecule has 0 fully saturated rings. The zero-order chi connectivity index (χ0) is 26.5. The van der Waals surface area contributed by atoms with Gasteiger partial charge in [-0.25, -0.2) is 9.59 Å². The Hall–Kier alpha value is -4.38. The van der Waals surface area contributed by atoms with Gasteiger partial charge in [0.25, 0.3) is 11.8 Å². The van der Waals surface area contributed by atoms with Crippen molar-refractivity contribution in [2.24, 2.45) is 0 Å². The molecule has 192 valence electrons. The Balaban J connectivity index is 1.64. The zero-order valence-corrected chi connectivity index (χ0v) is 21.2. The summed E-state index contributed by atoms with van der Waals surface area (Å²) in [4.78, 5) is 51.5. The maximum atomic E-state index is 13.2. The molecule has 2 aromatic carbocycles. The van der Waals surface area contributed by atoms with Crippen LogP contribution in [0.15, 0.2) is 42.5 Å². The molecule has 0 aliphatic carbocycles. The van der Waals surface area contributed by atoms with Crippen LogP contribution in [0.3, 0.4) is 0 Å². The van der Waals surface area contributed by atoms with Gasteiger partial charge in [-0.15, -0.1) is 11.3 Å². The molecule has 0 unspecified atom stereocenters. The fraction of sp³-hybridized carbons (Fsp3) is 0.231. The van der Waals surface area contributed by atoms with Gasteiger partial charge in [-0.1, -0.05) is 12.1 Å². The largest absolute Gasteiger partial charge is 0.462 e. The first-order valence-corrected chi connectivity index (χ1v) is 12.2. The highest BCUT2D eigenvalue weighted by molar-refractivity contribution is 7.19. The molecule has 2 heterocycles. The Morgan fingerprint density at radius 3 is 2.35 bits per heavy atom. The summed E-state index contributed by atoms with van der Waals surface area (Å²) in [5.74, 6) is -1.37. The smallest absolute Gasteiger partial charge is 0.341 e. The van der Waals surface area contributed by atoms with E-state index in [2.05, 4.69) is 10.6 Å². The molecule has 0 bridgehead atoms. The van der Waals surface area contributed by atoms with Crippen LogP contribution < -0.4 is 20.1 Å². The second-order valence-corrected chi connectivity index (χ2v) is 8.74. The van der Waals surface area contributed by atoms with Crippen LogP contribution in [-0.2, 0) is 9.47 Å². The maximum absolute atomic E-state index is 13.2. The van der Waals surface area contributed by atoms with Gasteiger partial charge in [-0.05, 0) is 56.7 Å². The highest BCUT2D eigenvalue weighted by Gasteiger charge is 2.28. The van der Waals surface area contributed by atoms with E-state index in [9.17, 15) is 19.2 Å². The van der Waals surface area contributed by atoms with Gasteiger partial charge in [0, 0.05) is 5.56 Å². The van der Waals surface area contributed by atoms with E-state index in [4.69, 9.17) is 18.9 Å². The van der Waals surface area contributed by atoms with Crippen molar-refractivity contribution in [1.29, 1.82) is 0 Å². The number of carbonyl (C=O) groups excluding carboxylic acids is 4. The van der Waals surface area contributed by atoms with Crippen molar-refractivity contribution in [2.75, 3.05) is 30.6 Å². The Morgan fingerprint density at radius 2 is 1.59 bits per heavy atom. The van der Waals surface area contributed by atoms with Gasteiger partial charge >= 0.3 is 11.9 Å². The predicted octanol–water partition coefficient (Wildman–Crippen LogP) is 4.64. The van der Waals surface area contributed by atoms with Crippen molar-refractivity contribution in [3.8, 4) is 11.5 Å². The van der Waals surface area contributed by atoms with Gasteiger partial charge < -0.3 is 29.6 Å². The first-order chi connectivity index (χ1) is 17.8. The first kappa shape index (κ1) is 25.7. The summed E-state index contributed by atoms with van der Waals surface area (Å²) < 4.78 is 20.8. The quantitative estimate of drug-likeness (QED) is 0.408. The van der Waals surface area contributed by atoms with E-state index in [1.54, 1.807) is 51.1 Å². The summed E-state index contributed by atoms with van der Waals surface area (Å²) in [5, 5.41) is 5.57. The monoisotopic (exact) mass is 524 g/mol. The average molecular weight is 525 g/mol. The SMILES string of the molecule is CCOC(=O)c1ccccc1NC(=O)c1sc(NC(=O)c2ccc3c(c2)OCO3)c(C(=O)OCC)c1C. The van der Waals surface area contributed by atoms with E-state index in [0.29, 0.717) is 17.1 Å². The molecule has 37 heavy (non-hydrogen) atoms. The number of hydrogen-bond acceptors (Lipinski definition) is 9. The molecule has 0 atom stereocenters. The highest BCUT2D eigenvalue weighted by atomic mass is 32.1. The Kier molecular flexibility index (Phi) is 7.73. The lowest BCUT2D eigenvalue weighted by molar-refractivity contribution is 0.0517. The van der Waals surface area contributed by atoms with Crippen LogP contribution in [0, 0.1) is 6.92 Å². The number of esters is 2. The van der Waals surface area contributed by atoms with E-state index in [1.165, 1.54) is 12.1 Å². The molecular weight excluding hydrogens is 500 g/mol. The Morgan fingerprint density at radius 1 is 0.892 bits per heavy atom. The lowest BCUT2D eigenvalue weighted by Gasteiger charge is -2.10. The number of amides is 2. The summed E-state index contributed by atoms with van der Waals surface area (Å²) in [6, 6.07) is 11.1. The van der Waals surface area contributed by atoms with Gasteiger partial charge in [-0.2, -0.15) is 0 Å². The molecular formula is C26H24N2O8S. The summed E-state index contributed by atoms with van der Waals surface area (Å²) in [5.41, 5.74) is 1.12. The molecule has 2 N–H and O–H groups in total. The fourth-order valence-electron chi connectivity index (χ4n) is 3.64. The minimum absolute atomic E-state index is 0.0648. The van der Waals surface area contributed by atoms with E-state index in [1.807, 2.05) is 0 Å². The number of rotatable bonds is 8. The van der Waals surface area contributed by atoms with Crippen LogP contribution in [0.1, 0.15) is 60.2 Å². The third-order valence-corrected chi connectivity index (χ3v) is 6.57. The van der Waals surface area contributed by atoms with E-state index in [-0.39, 0.29) is 52.3 Å². The predicted molar refractivity (Wildman–Crippen MR) is 136 cm³/mol. The number of benzene rings is 2. The van der Waals surface area contributed by atoms with E-state index >= 15 is 0 Å². The minimum Gasteiger partial charge on any atom is -0.462 e. The fourth-order valence-corrected chi connectivity index (χ4v) is 4.72. The van der Waals surface area contributed by atoms with Gasteiger partial charge in [0.05, 0.1) is 34.9 Å². The molecule has 2 amide bonds. The molecule has 11 heteroatoms. The van der Waals surface area contributed by atoms with Crippen LogP contribution in [0.5, 0.6) is 11.5 Å². The number of anilines is 2. The molecule has 1 aliphatic heterocycles. The van der Waals surface area contributed by atoms with Crippen molar-refractivity contribution in [2.45, 2.75) is 20.8 Å². The molecule has 3 aromatic rings. The Labute approximate surface area is 216 Å². The highest BCUT2D eigenvalue weighted by Crippen LogP contribution is 2.36. The summed E-state index contributed by atoms with van der Waals surface area (Å²) in [6.45, 7) is 5.29.